The lowest BCUT2D eigenvalue weighted by atomic mass is 10.1. The molecule has 0 bridgehead atoms. The Kier molecular flexibility index (Phi) is 6.84. The number of carbonyl (C=O) groups excluding carboxylic acids is 2. The number of carbonyl (C=O) groups is 2. The van der Waals surface area contributed by atoms with E-state index in [-0.39, 0.29) is 29.8 Å². The number of fused-ring (bicyclic) bond motifs is 1. The number of amides is 2. The van der Waals surface area contributed by atoms with Crippen LogP contribution in [0.15, 0.2) is 71.6 Å². The minimum atomic E-state index is -0.530. The van der Waals surface area contributed by atoms with Crippen molar-refractivity contribution in [3.05, 3.63) is 78.1 Å². The molecule has 0 aliphatic carbocycles. The molecule has 8 heteroatoms. The zero-order valence-corrected chi connectivity index (χ0v) is 19.0. The van der Waals surface area contributed by atoms with E-state index in [0.29, 0.717) is 17.2 Å². The quantitative estimate of drug-likeness (QED) is 0.551. The average Bonchev–Trinajstić information content (AvgIpc) is 2.96. The van der Waals surface area contributed by atoms with Crippen LogP contribution in [0.2, 0.25) is 0 Å². The fraction of sp³-hybridized carbons (Fsp3) is 0.200. The first-order valence-corrected chi connectivity index (χ1v) is 11.2. The van der Waals surface area contributed by atoms with Crippen LogP contribution in [0, 0.1) is 5.82 Å². The van der Waals surface area contributed by atoms with Crippen molar-refractivity contribution in [3.8, 4) is 11.5 Å². The van der Waals surface area contributed by atoms with E-state index in [4.69, 9.17) is 9.47 Å². The minimum Gasteiger partial charge on any atom is -0.493 e. The number of nitrogens with one attached hydrogen (secondary N) is 1. The van der Waals surface area contributed by atoms with Crippen LogP contribution in [0.5, 0.6) is 11.5 Å². The summed E-state index contributed by atoms with van der Waals surface area (Å²) in [5, 5.41) is 2.37. The van der Waals surface area contributed by atoms with E-state index in [9.17, 15) is 14.0 Å². The Hall–Kier alpha value is -3.52. The second kappa shape index (κ2) is 9.95. The van der Waals surface area contributed by atoms with Gasteiger partial charge in [-0.2, -0.15) is 0 Å². The van der Waals surface area contributed by atoms with Crippen LogP contribution in [-0.4, -0.2) is 32.6 Å². The molecule has 6 nitrogen and oxygen atoms in total. The second-order valence-corrected chi connectivity index (χ2v) is 8.65. The summed E-state index contributed by atoms with van der Waals surface area (Å²) >= 11 is 1.55. The molecule has 0 saturated carbocycles. The van der Waals surface area contributed by atoms with Crippen molar-refractivity contribution in [2.75, 3.05) is 31.0 Å². The Morgan fingerprint density at radius 2 is 1.79 bits per heavy atom. The zero-order chi connectivity index (χ0) is 23.4. The van der Waals surface area contributed by atoms with Crippen molar-refractivity contribution in [3.63, 3.8) is 0 Å². The van der Waals surface area contributed by atoms with Gasteiger partial charge in [0.15, 0.2) is 11.5 Å². The van der Waals surface area contributed by atoms with Crippen LogP contribution in [0.25, 0.3) is 0 Å². The highest BCUT2D eigenvalue weighted by molar-refractivity contribution is 7.99. The molecule has 0 aromatic heterocycles. The normalized spacial score (nSPS) is 15.4. The molecule has 3 aromatic rings. The monoisotopic (exact) mass is 466 g/mol. The zero-order valence-electron chi connectivity index (χ0n) is 18.2. The third kappa shape index (κ3) is 4.96. The van der Waals surface area contributed by atoms with Gasteiger partial charge < -0.3 is 19.7 Å². The van der Waals surface area contributed by atoms with Crippen molar-refractivity contribution in [1.82, 2.24) is 0 Å². The number of hydrogen-bond acceptors (Lipinski definition) is 5. The van der Waals surface area contributed by atoms with Gasteiger partial charge in [0.25, 0.3) is 0 Å². The van der Waals surface area contributed by atoms with E-state index in [1.54, 1.807) is 38.1 Å². The van der Waals surface area contributed by atoms with Crippen molar-refractivity contribution in [2.24, 2.45) is 0 Å². The highest BCUT2D eigenvalue weighted by Crippen LogP contribution is 2.46. The SMILES string of the molecule is COc1ccc(C2CC(=O)N(CC(=O)Nc3ccccc3F)c3ccccc3S2)cc1OC. The maximum absolute atomic E-state index is 13.9. The summed E-state index contributed by atoms with van der Waals surface area (Å²) in [7, 11) is 3.14. The van der Waals surface area contributed by atoms with Crippen LogP contribution in [0.4, 0.5) is 15.8 Å². The van der Waals surface area contributed by atoms with Gasteiger partial charge in [-0.15, -0.1) is 11.8 Å². The summed E-state index contributed by atoms with van der Waals surface area (Å²) in [6.45, 7) is -0.219. The van der Waals surface area contributed by atoms with Gasteiger partial charge in [0.2, 0.25) is 11.8 Å². The number of halogens is 1. The number of benzene rings is 3. The van der Waals surface area contributed by atoms with Gasteiger partial charge in [0, 0.05) is 16.6 Å². The summed E-state index contributed by atoms with van der Waals surface area (Å²) in [6.07, 6.45) is 0.182. The van der Waals surface area contributed by atoms with E-state index in [1.807, 2.05) is 42.5 Å². The minimum absolute atomic E-state index is 0.0793. The molecule has 0 fully saturated rings. The highest BCUT2D eigenvalue weighted by atomic mass is 32.2. The molecule has 1 atom stereocenters. The molecule has 170 valence electrons. The number of nitrogens with zero attached hydrogens (tertiary/aromatic N) is 1. The van der Waals surface area contributed by atoms with Crippen molar-refractivity contribution in [2.45, 2.75) is 16.6 Å². The molecule has 0 saturated heterocycles. The molecule has 3 aromatic carbocycles. The summed E-state index contributed by atoms with van der Waals surface area (Å²) < 4.78 is 24.7. The third-order valence-corrected chi connectivity index (χ3v) is 6.64. The van der Waals surface area contributed by atoms with Crippen molar-refractivity contribution in [1.29, 1.82) is 0 Å². The second-order valence-electron chi connectivity index (χ2n) is 7.40. The highest BCUT2D eigenvalue weighted by Gasteiger charge is 2.31. The number of thioether (sulfide) groups is 1. The van der Waals surface area contributed by atoms with Crippen molar-refractivity contribution < 1.29 is 23.5 Å². The standard InChI is InChI=1S/C25H23FN2O4S/c1-31-20-12-11-16(13-21(20)32-2)23-14-25(30)28(19-9-5-6-10-22(19)33-23)15-24(29)27-18-8-4-3-7-17(18)26/h3-13,23H,14-15H2,1-2H3,(H,27,29). The van der Waals surface area contributed by atoms with Crippen LogP contribution >= 0.6 is 11.8 Å². The first-order chi connectivity index (χ1) is 16.0. The van der Waals surface area contributed by atoms with E-state index < -0.39 is 11.7 Å². The number of ether oxygens (including phenoxy) is 2. The smallest absolute Gasteiger partial charge is 0.244 e. The van der Waals surface area contributed by atoms with E-state index in [1.165, 1.54) is 17.0 Å². The predicted molar refractivity (Wildman–Crippen MR) is 127 cm³/mol. The van der Waals surface area contributed by atoms with Crippen LogP contribution in [0.1, 0.15) is 17.2 Å². The van der Waals surface area contributed by atoms with Gasteiger partial charge in [-0.1, -0.05) is 30.3 Å². The molecule has 1 aliphatic rings. The fourth-order valence-corrected chi connectivity index (χ4v) is 4.96. The number of para-hydroxylation sites is 2. The van der Waals surface area contributed by atoms with Gasteiger partial charge in [-0.25, -0.2) is 4.39 Å². The number of hydrogen-bond donors (Lipinski definition) is 1. The van der Waals surface area contributed by atoms with E-state index in [2.05, 4.69) is 5.32 Å². The molecule has 0 radical (unpaired) electrons. The summed E-state index contributed by atoms with van der Waals surface area (Å²) in [5.41, 5.74) is 1.65. The number of anilines is 2. The topological polar surface area (TPSA) is 67.9 Å². The summed E-state index contributed by atoms with van der Waals surface area (Å²) in [6, 6.07) is 19.0. The molecule has 1 heterocycles. The predicted octanol–water partition coefficient (Wildman–Crippen LogP) is 5.05. The maximum Gasteiger partial charge on any atom is 0.244 e. The molecule has 2 amide bonds. The summed E-state index contributed by atoms with van der Waals surface area (Å²) in [4.78, 5) is 28.3. The van der Waals surface area contributed by atoms with Gasteiger partial charge in [-0.3, -0.25) is 9.59 Å². The van der Waals surface area contributed by atoms with Crippen molar-refractivity contribution >= 4 is 35.0 Å². The van der Waals surface area contributed by atoms with Crippen LogP contribution in [0.3, 0.4) is 0 Å². The first kappa shape index (κ1) is 22.7. The van der Waals surface area contributed by atoms with Crippen LogP contribution in [-0.2, 0) is 9.59 Å². The third-order valence-electron chi connectivity index (χ3n) is 5.32. The molecule has 4 rings (SSSR count). The molecule has 1 N–H and O–H groups in total. The van der Waals surface area contributed by atoms with Gasteiger partial charge in [0.05, 0.1) is 25.6 Å². The lowest BCUT2D eigenvalue weighted by molar-refractivity contribution is -0.121. The first-order valence-electron chi connectivity index (χ1n) is 10.3. The molecule has 1 aliphatic heterocycles. The van der Waals surface area contributed by atoms with Gasteiger partial charge in [-0.05, 0) is 42.0 Å². The van der Waals surface area contributed by atoms with Gasteiger partial charge in [0.1, 0.15) is 12.4 Å². The Morgan fingerprint density at radius 3 is 2.55 bits per heavy atom. The number of methoxy groups -OCH3 is 2. The lowest BCUT2D eigenvalue weighted by Gasteiger charge is -2.22. The van der Waals surface area contributed by atoms with Crippen LogP contribution < -0.4 is 19.7 Å². The Balaban J connectivity index is 1.60. The van der Waals surface area contributed by atoms with E-state index >= 15 is 0 Å². The molecule has 1 unspecified atom stereocenters. The van der Waals surface area contributed by atoms with Gasteiger partial charge >= 0.3 is 0 Å². The summed E-state index contributed by atoms with van der Waals surface area (Å²) in [5.74, 6) is -0.00834. The average molecular weight is 467 g/mol. The lowest BCUT2D eigenvalue weighted by Crippen LogP contribution is -2.38. The molecular weight excluding hydrogens is 443 g/mol. The maximum atomic E-state index is 13.9. The molecular formula is C25H23FN2O4S. The Labute approximate surface area is 195 Å². The number of rotatable bonds is 6. The fourth-order valence-electron chi connectivity index (χ4n) is 3.69. The van der Waals surface area contributed by atoms with E-state index in [0.717, 1.165) is 10.5 Å². The molecule has 0 spiro atoms. The Morgan fingerprint density at radius 1 is 1.06 bits per heavy atom. The molecule has 33 heavy (non-hydrogen) atoms. The largest absolute Gasteiger partial charge is 0.493 e. The Bertz CT molecular complexity index is 1190.